The van der Waals surface area contributed by atoms with Crippen LogP contribution < -0.4 is 4.74 Å². The van der Waals surface area contributed by atoms with Crippen molar-refractivity contribution < 1.29 is 14.6 Å². The van der Waals surface area contributed by atoms with Crippen LogP contribution in [0.25, 0.3) is 0 Å². The zero-order valence-corrected chi connectivity index (χ0v) is 12.1. The lowest BCUT2D eigenvalue weighted by Gasteiger charge is -2.16. The Bertz CT molecular complexity index is 429. The number of carboxylic acids is 1. The van der Waals surface area contributed by atoms with Crippen LogP contribution in [0.15, 0.2) is 18.2 Å². The number of likely N-dealkylation sites (N-methyl/N-ethyl adjacent to an activating group) is 1. The second-order valence-electron chi connectivity index (χ2n) is 5.11. The van der Waals surface area contributed by atoms with E-state index in [0.29, 0.717) is 12.5 Å². The van der Waals surface area contributed by atoms with Gasteiger partial charge in [0.2, 0.25) is 0 Å². The molecular weight excluding hydrogens is 242 g/mol. The van der Waals surface area contributed by atoms with Crippen LogP contribution in [0.1, 0.15) is 30.9 Å². The number of aliphatic carboxylic acids is 1. The van der Waals surface area contributed by atoms with Crippen LogP contribution in [-0.4, -0.2) is 43.2 Å². The molecule has 0 unspecified atom stereocenters. The van der Waals surface area contributed by atoms with E-state index in [0.717, 1.165) is 17.7 Å². The normalized spacial score (nSPS) is 11.1. The highest BCUT2D eigenvalue weighted by Gasteiger charge is 2.09. The van der Waals surface area contributed by atoms with Crippen LogP contribution in [0.4, 0.5) is 0 Å². The molecule has 4 heteroatoms. The highest BCUT2D eigenvalue weighted by Crippen LogP contribution is 2.25. The van der Waals surface area contributed by atoms with Crippen LogP contribution >= 0.6 is 0 Å². The van der Waals surface area contributed by atoms with E-state index in [1.807, 2.05) is 7.05 Å². The Morgan fingerprint density at radius 3 is 2.63 bits per heavy atom. The number of hydrogen-bond acceptors (Lipinski definition) is 3. The van der Waals surface area contributed by atoms with Crippen LogP contribution in [0.2, 0.25) is 0 Å². The van der Waals surface area contributed by atoms with Crippen molar-refractivity contribution in [1.29, 1.82) is 0 Å². The van der Waals surface area contributed by atoms with Crippen LogP contribution in [0.5, 0.6) is 5.75 Å². The van der Waals surface area contributed by atoms with E-state index < -0.39 is 5.97 Å². The lowest BCUT2D eigenvalue weighted by atomic mass is 10.00. The molecule has 1 aromatic carbocycles. The first-order valence-corrected chi connectivity index (χ1v) is 6.51. The van der Waals surface area contributed by atoms with Crippen molar-refractivity contribution in [2.75, 3.05) is 27.2 Å². The number of methoxy groups -OCH3 is 1. The number of hydrogen-bond donors (Lipinski definition) is 1. The first-order valence-electron chi connectivity index (χ1n) is 6.51. The lowest BCUT2D eigenvalue weighted by molar-refractivity contribution is -0.137. The average Bonchev–Trinajstić information content (AvgIpc) is 2.35. The van der Waals surface area contributed by atoms with Crippen molar-refractivity contribution in [3.8, 4) is 5.75 Å². The molecule has 0 aliphatic heterocycles. The highest BCUT2D eigenvalue weighted by atomic mass is 16.5. The summed E-state index contributed by atoms with van der Waals surface area (Å²) >= 11 is 0. The summed E-state index contributed by atoms with van der Waals surface area (Å²) in [5, 5.41) is 8.71. The summed E-state index contributed by atoms with van der Waals surface area (Å²) < 4.78 is 5.41. The van der Waals surface area contributed by atoms with Gasteiger partial charge in [-0.05, 0) is 36.6 Å². The van der Waals surface area contributed by atoms with Gasteiger partial charge in [0.1, 0.15) is 5.75 Å². The summed E-state index contributed by atoms with van der Waals surface area (Å²) in [7, 11) is 3.48. The summed E-state index contributed by atoms with van der Waals surface area (Å²) in [6, 6.07) is 6.25. The van der Waals surface area contributed by atoms with Crippen molar-refractivity contribution >= 4 is 5.97 Å². The first-order chi connectivity index (χ1) is 8.93. The molecule has 0 aliphatic carbocycles. The topological polar surface area (TPSA) is 49.8 Å². The summed E-state index contributed by atoms with van der Waals surface area (Å²) in [6.45, 7) is 5.06. The minimum absolute atomic E-state index is 0.0619. The third kappa shape index (κ3) is 4.91. The standard InChI is InChI=1S/C15H23NO3/c1-11(2)13-6-5-12(14(9-13)19-4)7-8-16(3)10-15(17)18/h5-6,9,11H,7-8,10H2,1-4H3,(H,17,18). The molecule has 4 nitrogen and oxygen atoms in total. The van der Waals surface area contributed by atoms with Gasteiger partial charge in [-0.1, -0.05) is 26.0 Å². The van der Waals surface area contributed by atoms with Gasteiger partial charge in [0.15, 0.2) is 0 Å². The Morgan fingerprint density at radius 2 is 2.11 bits per heavy atom. The predicted molar refractivity (Wildman–Crippen MR) is 75.9 cm³/mol. The molecule has 0 amide bonds. The van der Waals surface area contributed by atoms with Crippen molar-refractivity contribution in [3.05, 3.63) is 29.3 Å². The predicted octanol–water partition coefficient (Wildman–Crippen LogP) is 2.38. The molecule has 0 fully saturated rings. The van der Waals surface area contributed by atoms with Crippen LogP contribution in [0.3, 0.4) is 0 Å². The van der Waals surface area contributed by atoms with E-state index in [-0.39, 0.29) is 6.54 Å². The Morgan fingerprint density at radius 1 is 1.42 bits per heavy atom. The molecule has 0 spiro atoms. The molecule has 0 saturated carbocycles. The molecule has 1 aromatic rings. The first kappa shape index (κ1) is 15.5. The molecule has 0 heterocycles. The van der Waals surface area contributed by atoms with Crippen molar-refractivity contribution in [1.82, 2.24) is 4.90 Å². The van der Waals surface area contributed by atoms with E-state index in [1.165, 1.54) is 5.56 Å². The minimum atomic E-state index is -0.801. The molecule has 1 N–H and O–H groups in total. The molecular formula is C15H23NO3. The molecule has 0 saturated heterocycles. The Hall–Kier alpha value is -1.55. The Labute approximate surface area is 115 Å². The van der Waals surface area contributed by atoms with Gasteiger partial charge in [-0.2, -0.15) is 0 Å². The van der Waals surface area contributed by atoms with E-state index in [9.17, 15) is 4.79 Å². The fourth-order valence-corrected chi connectivity index (χ4v) is 1.95. The van der Waals surface area contributed by atoms with Gasteiger partial charge in [-0.15, -0.1) is 0 Å². The smallest absolute Gasteiger partial charge is 0.317 e. The van der Waals surface area contributed by atoms with E-state index in [4.69, 9.17) is 9.84 Å². The molecule has 0 radical (unpaired) electrons. The number of ether oxygens (including phenoxy) is 1. The average molecular weight is 265 g/mol. The highest BCUT2D eigenvalue weighted by molar-refractivity contribution is 5.69. The summed E-state index contributed by atoms with van der Waals surface area (Å²) in [5.41, 5.74) is 2.36. The third-order valence-electron chi connectivity index (χ3n) is 3.15. The second kappa shape index (κ2) is 7.14. The zero-order chi connectivity index (χ0) is 14.4. The fraction of sp³-hybridized carbons (Fsp3) is 0.533. The van der Waals surface area contributed by atoms with Gasteiger partial charge >= 0.3 is 5.97 Å². The summed E-state index contributed by atoms with van der Waals surface area (Å²) in [4.78, 5) is 12.4. The van der Waals surface area contributed by atoms with Gasteiger partial charge in [0, 0.05) is 6.54 Å². The third-order valence-corrected chi connectivity index (χ3v) is 3.15. The van der Waals surface area contributed by atoms with Gasteiger partial charge in [0.05, 0.1) is 13.7 Å². The van der Waals surface area contributed by atoms with Gasteiger partial charge in [0.25, 0.3) is 0 Å². The molecule has 19 heavy (non-hydrogen) atoms. The van der Waals surface area contributed by atoms with Crippen LogP contribution in [-0.2, 0) is 11.2 Å². The fourth-order valence-electron chi connectivity index (χ4n) is 1.95. The number of rotatable bonds is 7. The maximum atomic E-state index is 10.6. The maximum absolute atomic E-state index is 10.6. The number of carboxylic acid groups (broad SMARTS) is 1. The Kier molecular flexibility index (Phi) is 5.83. The van der Waals surface area contributed by atoms with Gasteiger partial charge in [-0.3, -0.25) is 9.69 Å². The monoisotopic (exact) mass is 265 g/mol. The Balaban J connectivity index is 2.70. The van der Waals surface area contributed by atoms with Crippen molar-refractivity contribution in [3.63, 3.8) is 0 Å². The number of nitrogens with zero attached hydrogens (tertiary/aromatic N) is 1. The van der Waals surface area contributed by atoms with Crippen molar-refractivity contribution in [2.45, 2.75) is 26.2 Å². The van der Waals surface area contributed by atoms with E-state index in [1.54, 1.807) is 12.0 Å². The summed E-state index contributed by atoms with van der Waals surface area (Å²) in [6.07, 6.45) is 0.783. The quantitative estimate of drug-likeness (QED) is 0.822. The van der Waals surface area contributed by atoms with Crippen molar-refractivity contribution in [2.24, 2.45) is 0 Å². The molecule has 106 valence electrons. The molecule has 0 aromatic heterocycles. The SMILES string of the molecule is COc1cc(C(C)C)ccc1CCN(C)CC(=O)O. The number of carbonyl (C=O) groups is 1. The molecule has 0 atom stereocenters. The van der Waals surface area contributed by atoms with Gasteiger partial charge in [-0.25, -0.2) is 0 Å². The zero-order valence-electron chi connectivity index (χ0n) is 12.1. The molecule has 1 rings (SSSR count). The van der Waals surface area contributed by atoms with E-state index >= 15 is 0 Å². The summed E-state index contributed by atoms with van der Waals surface area (Å²) in [5.74, 6) is 0.553. The largest absolute Gasteiger partial charge is 0.496 e. The number of benzene rings is 1. The van der Waals surface area contributed by atoms with Crippen LogP contribution in [0, 0.1) is 0 Å². The minimum Gasteiger partial charge on any atom is -0.496 e. The molecule has 0 aliphatic rings. The van der Waals surface area contributed by atoms with Gasteiger partial charge < -0.3 is 9.84 Å². The lowest BCUT2D eigenvalue weighted by Crippen LogP contribution is -2.27. The molecule has 0 bridgehead atoms. The second-order valence-corrected chi connectivity index (χ2v) is 5.11. The maximum Gasteiger partial charge on any atom is 0.317 e. The van der Waals surface area contributed by atoms with E-state index in [2.05, 4.69) is 32.0 Å².